The average molecular weight is 204 g/mol. The van der Waals surface area contributed by atoms with Crippen molar-refractivity contribution in [3.8, 4) is 5.75 Å². The molecule has 0 heterocycles. The van der Waals surface area contributed by atoms with Gasteiger partial charge in [-0.15, -0.1) is 0 Å². The maximum Gasteiger partial charge on any atom is 0.338 e. The quantitative estimate of drug-likeness (QED) is 0.257. The van der Waals surface area contributed by atoms with Crippen LogP contribution >= 0.6 is 0 Å². The molecule has 15 heavy (non-hydrogen) atoms. The second kappa shape index (κ2) is 4.41. The number of amidine groups is 1. The number of benzene rings is 1. The van der Waals surface area contributed by atoms with Crippen molar-refractivity contribution in [2.24, 2.45) is 5.73 Å². The first-order valence-corrected chi connectivity index (χ1v) is 4.33. The molecule has 0 aliphatic carbocycles. The van der Waals surface area contributed by atoms with Gasteiger partial charge in [0, 0.05) is 11.1 Å². The molecule has 0 aliphatic rings. The van der Waals surface area contributed by atoms with Crippen molar-refractivity contribution in [1.29, 1.82) is 5.41 Å². The number of hydrogen-bond donors (Lipinski definition) is 2. The first-order chi connectivity index (χ1) is 7.00. The molecule has 0 aliphatic heterocycles. The van der Waals surface area contributed by atoms with Gasteiger partial charge in [0.1, 0.15) is 11.6 Å². The molecule has 0 spiro atoms. The molecule has 1 rings (SSSR count). The molecule has 3 N–H and O–H groups in total. The Morgan fingerprint density at radius 2 is 1.93 bits per heavy atom. The standard InChI is InChI=1S/C11H12N2O2/c1-7(2)11(14)15-9-5-3-8(4-6-9)10(12)13/h3-6H,1H2,2H3,(H3,12,13). The van der Waals surface area contributed by atoms with Crippen molar-refractivity contribution in [2.75, 3.05) is 0 Å². The van der Waals surface area contributed by atoms with E-state index in [0.717, 1.165) is 0 Å². The third kappa shape index (κ3) is 2.95. The van der Waals surface area contributed by atoms with Crippen molar-refractivity contribution in [2.45, 2.75) is 6.92 Å². The number of esters is 1. The van der Waals surface area contributed by atoms with E-state index in [9.17, 15) is 4.79 Å². The Balaban J connectivity index is 2.77. The second-order valence-corrected chi connectivity index (χ2v) is 3.11. The summed E-state index contributed by atoms with van der Waals surface area (Å²) in [6.07, 6.45) is 0. The summed E-state index contributed by atoms with van der Waals surface area (Å²) in [5.41, 5.74) is 6.20. The highest BCUT2D eigenvalue weighted by Gasteiger charge is 2.05. The lowest BCUT2D eigenvalue weighted by Gasteiger charge is -2.04. The number of nitrogens with two attached hydrogens (primary N) is 1. The monoisotopic (exact) mass is 204 g/mol. The highest BCUT2D eigenvalue weighted by Crippen LogP contribution is 2.13. The third-order valence-electron chi connectivity index (χ3n) is 1.72. The summed E-state index contributed by atoms with van der Waals surface area (Å²) in [5, 5.41) is 7.17. The molecule has 0 aromatic heterocycles. The van der Waals surface area contributed by atoms with Crippen molar-refractivity contribution in [1.82, 2.24) is 0 Å². The molecule has 78 valence electrons. The van der Waals surface area contributed by atoms with Gasteiger partial charge in [-0.05, 0) is 31.2 Å². The summed E-state index contributed by atoms with van der Waals surface area (Å²) in [6.45, 7) is 5.04. The lowest BCUT2D eigenvalue weighted by Crippen LogP contribution is -2.11. The van der Waals surface area contributed by atoms with E-state index in [1.807, 2.05) is 0 Å². The fourth-order valence-corrected chi connectivity index (χ4v) is 0.897. The van der Waals surface area contributed by atoms with Crippen LogP contribution < -0.4 is 10.5 Å². The van der Waals surface area contributed by atoms with Crippen LogP contribution in [0.3, 0.4) is 0 Å². The van der Waals surface area contributed by atoms with Gasteiger partial charge in [0.25, 0.3) is 0 Å². The molecule has 0 amide bonds. The van der Waals surface area contributed by atoms with Gasteiger partial charge in [0.2, 0.25) is 0 Å². The minimum Gasteiger partial charge on any atom is -0.423 e. The molecular formula is C11H12N2O2. The number of nitrogen functional groups attached to an aromatic ring is 1. The number of rotatable bonds is 3. The third-order valence-corrected chi connectivity index (χ3v) is 1.72. The van der Waals surface area contributed by atoms with Gasteiger partial charge in [0.05, 0.1) is 0 Å². The van der Waals surface area contributed by atoms with Crippen molar-refractivity contribution >= 4 is 11.8 Å². The number of hydrogen-bond acceptors (Lipinski definition) is 3. The van der Waals surface area contributed by atoms with Gasteiger partial charge >= 0.3 is 5.97 Å². The molecule has 0 saturated carbocycles. The lowest BCUT2D eigenvalue weighted by atomic mass is 10.2. The van der Waals surface area contributed by atoms with E-state index in [2.05, 4.69) is 6.58 Å². The summed E-state index contributed by atoms with van der Waals surface area (Å²) >= 11 is 0. The van der Waals surface area contributed by atoms with E-state index in [1.165, 1.54) is 0 Å². The summed E-state index contributed by atoms with van der Waals surface area (Å²) in [5.74, 6) is -0.0775. The molecule has 1 aromatic rings. The zero-order chi connectivity index (χ0) is 11.4. The fourth-order valence-electron chi connectivity index (χ4n) is 0.897. The molecule has 0 bridgehead atoms. The van der Waals surface area contributed by atoms with Gasteiger partial charge in [0.15, 0.2) is 0 Å². The van der Waals surface area contributed by atoms with Crippen LogP contribution in [0.15, 0.2) is 36.4 Å². The predicted octanol–water partition coefficient (Wildman–Crippen LogP) is 1.45. The molecule has 1 aromatic carbocycles. The zero-order valence-corrected chi connectivity index (χ0v) is 8.41. The summed E-state index contributed by atoms with van der Waals surface area (Å²) in [6, 6.07) is 6.39. The van der Waals surface area contributed by atoms with Crippen LogP contribution in [0.4, 0.5) is 0 Å². The topological polar surface area (TPSA) is 76.2 Å². The maximum atomic E-state index is 11.1. The van der Waals surface area contributed by atoms with Crippen LogP contribution in [0.25, 0.3) is 0 Å². The van der Waals surface area contributed by atoms with E-state index in [1.54, 1.807) is 31.2 Å². The molecule has 4 heteroatoms. The Kier molecular flexibility index (Phi) is 3.23. The normalized spacial score (nSPS) is 9.40. The average Bonchev–Trinajstić information content (AvgIpc) is 2.18. The van der Waals surface area contributed by atoms with Gasteiger partial charge in [-0.25, -0.2) is 4.79 Å². The Morgan fingerprint density at radius 3 is 2.33 bits per heavy atom. The zero-order valence-electron chi connectivity index (χ0n) is 8.41. The minimum atomic E-state index is -0.467. The van der Waals surface area contributed by atoms with Crippen LogP contribution in [0, 0.1) is 5.41 Å². The Morgan fingerprint density at radius 1 is 1.40 bits per heavy atom. The Labute approximate surface area is 87.9 Å². The van der Waals surface area contributed by atoms with Gasteiger partial charge in [-0.1, -0.05) is 6.58 Å². The van der Waals surface area contributed by atoms with Gasteiger partial charge in [-0.2, -0.15) is 0 Å². The van der Waals surface area contributed by atoms with Crippen molar-refractivity contribution in [3.05, 3.63) is 42.0 Å². The SMILES string of the molecule is C=C(C)C(=O)Oc1ccc(C(=N)N)cc1. The van der Waals surface area contributed by atoms with Crippen LogP contribution in [0.2, 0.25) is 0 Å². The minimum absolute atomic E-state index is 0.0206. The van der Waals surface area contributed by atoms with E-state index >= 15 is 0 Å². The van der Waals surface area contributed by atoms with Crippen LogP contribution in [-0.4, -0.2) is 11.8 Å². The molecule has 0 atom stereocenters. The Bertz CT molecular complexity index is 407. The van der Waals surface area contributed by atoms with Crippen molar-refractivity contribution < 1.29 is 9.53 Å². The fraction of sp³-hybridized carbons (Fsp3) is 0.0909. The van der Waals surface area contributed by atoms with Crippen LogP contribution in [0.1, 0.15) is 12.5 Å². The molecule has 0 unspecified atom stereocenters. The smallest absolute Gasteiger partial charge is 0.338 e. The van der Waals surface area contributed by atoms with Gasteiger partial charge < -0.3 is 10.5 Å². The second-order valence-electron chi connectivity index (χ2n) is 3.11. The number of carbonyl (C=O) groups is 1. The summed E-state index contributed by atoms with van der Waals surface area (Å²) < 4.78 is 4.96. The molecule has 0 fully saturated rings. The van der Waals surface area contributed by atoms with E-state index in [4.69, 9.17) is 15.9 Å². The van der Waals surface area contributed by atoms with Crippen molar-refractivity contribution in [3.63, 3.8) is 0 Å². The number of nitrogens with one attached hydrogen (secondary N) is 1. The maximum absolute atomic E-state index is 11.1. The number of ether oxygens (including phenoxy) is 1. The van der Waals surface area contributed by atoms with E-state index in [-0.39, 0.29) is 5.84 Å². The molecule has 0 radical (unpaired) electrons. The molecular weight excluding hydrogens is 192 g/mol. The largest absolute Gasteiger partial charge is 0.423 e. The first kappa shape index (κ1) is 11.0. The summed E-state index contributed by atoms with van der Waals surface area (Å²) in [4.78, 5) is 11.1. The van der Waals surface area contributed by atoms with Gasteiger partial charge in [-0.3, -0.25) is 5.41 Å². The highest BCUT2D eigenvalue weighted by molar-refractivity contribution is 5.95. The predicted molar refractivity (Wildman–Crippen MR) is 57.9 cm³/mol. The summed E-state index contributed by atoms with van der Waals surface area (Å²) in [7, 11) is 0. The molecule has 4 nitrogen and oxygen atoms in total. The lowest BCUT2D eigenvalue weighted by molar-refractivity contribution is -0.130. The van der Waals surface area contributed by atoms with E-state index in [0.29, 0.717) is 16.9 Å². The highest BCUT2D eigenvalue weighted by atomic mass is 16.5. The van der Waals surface area contributed by atoms with E-state index < -0.39 is 5.97 Å². The van der Waals surface area contributed by atoms with Crippen LogP contribution in [0.5, 0.6) is 5.75 Å². The Hall–Kier alpha value is -2.10. The first-order valence-electron chi connectivity index (χ1n) is 4.33. The number of carbonyl (C=O) groups excluding carboxylic acids is 1. The van der Waals surface area contributed by atoms with Crippen LogP contribution in [-0.2, 0) is 4.79 Å². The molecule has 0 saturated heterocycles.